The van der Waals surface area contributed by atoms with E-state index < -0.39 is 49.7 Å². The Morgan fingerprint density at radius 2 is 2.00 bits per heavy atom. The van der Waals surface area contributed by atoms with Crippen LogP contribution in [0.4, 0.5) is 0 Å². The Labute approximate surface area is 172 Å². The molecule has 166 valence electrons. The molecule has 1 fully saturated rings. The zero-order valence-corrected chi connectivity index (χ0v) is 18.9. The van der Waals surface area contributed by atoms with Crippen molar-refractivity contribution in [1.82, 2.24) is 9.55 Å². The van der Waals surface area contributed by atoms with Crippen molar-refractivity contribution in [3.8, 4) is 0 Å². The highest BCUT2D eigenvalue weighted by Gasteiger charge is 2.48. The zero-order valence-electron chi connectivity index (χ0n) is 16.3. The van der Waals surface area contributed by atoms with Crippen molar-refractivity contribution >= 4 is 26.1 Å². The summed E-state index contributed by atoms with van der Waals surface area (Å²) in [6, 6.07) is 0.650. The minimum atomic E-state index is -3.78. The molecule has 1 aliphatic rings. The number of rotatable bonds is 10. The highest BCUT2D eigenvalue weighted by Crippen LogP contribution is 2.53. The van der Waals surface area contributed by atoms with Crippen LogP contribution in [0.25, 0.3) is 0 Å². The van der Waals surface area contributed by atoms with Crippen LogP contribution in [0.5, 0.6) is 0 Å². The van der Waals surface area contributed by atoms with Gasteiger partial charge < -0.3 is 28.1 Å². The lowest BCUT2D eigenvalue weighted by atomic mass is 10.0. The Bertz CT molecular complexity index is 904. The lowest BCUT2D eigenvalue weighted by molar-refractivity contribution is -0.0188. The average molecular weight is 472 g/mol. The fourth-order valence-electron chi connectivity index (χ4n) is 3.51. The topological polar surface area (TPSA) is 149 Å². The molecule has 0 amide bonds. The molecule has 1 aromatic rings. The van der Waals surface area contributed by atoms with Gasteiger partial charge in [0.15, 0.2) is 0 Å². The number of aromatic amines is 1. The first-order valence-electron chi connectivity index (χ1n) is 8.91. The number of aromatic nitrogens is 2. The molecule has 2 unspecified atom stereocenters. The lowest BCUT2D eigenvalue weighted by Gasteiger charge is -2.29. The quantitative estimate of drug-likeness (QED) is 0.421. The summed E-state index contributed by atoms with van der Waals surface area (Å²) in [5, 5.41) is 0. The summed E-state index contributed by atoms with van der Waals surface area (Å²) < 4.78 is 34.2. The summed E-state index contributed by atoms with van der Waals surface area (Å²) >= 11 is 5.03. The SMILES string of the molecule is CCOP(O)(=S)O[C@@H]1[C@@H](CCP(=O)(O)OC)C[C@@H](n2ccc(=O)[nH]c2=O)[C@@H]1OC. The van der Waals surface area contributed by atoms with E-state index in [9.17, 15) is 23.9 Å². The van der Waals surface area contributed by atoms with Crippen LogP contribution in [0.2, 0.25) is 0 Å². The van der Waals surface area contributed by atoms with Gasteiger partial charge in [-0.3, -0.25) is 18.9 Å². The molecule has 14 heteroatoms. The number of nitrogens with one attached hydrogen (secondary N) is 1. The second-order valence-electron chi connectivity index (χ2n) is 6.57. The number of hydrogen-bond acceptors (Lipinski definition) is 8. The monoisotopic (exact) mass is 472 g/mol. The summed E-state index contributed by atoms with van der Waals surface area (Å²) in [6.07, 6.45) is 0.187. The largest absolute Gasteiger partial charge is 0.377 e. The molecule has 1 heterocycles. The number of ether oxygens (including phenoxy) is 1. The molecule has 0 bridgehead atoms. The first-order valence-corrected chi connectivity index (χ1v) is 13.3. The Morgan fingerprint density at radius 3 is 2.55 bits per heavy atom. The summed E-state index contributed by atoms with van der Waals surface area (Å²) in [5.74, 6) is -0.394. The van der Waals surface area contributed by atoms with E-state index >= 15 is 0 Å². The minimum absolute atomic E-state index is 0.140. The summed E-state index contributed by atoms with van der Waals surface area (Å²) in [6.45, 7) is -1.80. The smallest absolute Gasteiger partial charge is 0.328 e. The fourth-order valence-corrected chi connectivity index (χ4v) is 5.95. The molecule has 29 heavy (non-hydrogen) atoms. The molecule has 2 rings (SSSR count). The summed E-state index contributed by atoms with van der Waals surface area (Å²) in [7, 11) is -1.21. The fraction of sp³-hybridized carbons (Fsp3) is 0.733. The number of methoxy groups -OCH3 is 1. The third kappa shape index (κ3) is 6.40. The first kappa shape index (κ1) is 24.6. The van der Waals surface area contributed by atoms with Gasteiger partial charge in [-0.15, -0.1) is 0 Å². The normalized spacial score (nSPS) is 28.7. The van der Waals surface area contributed by atoms with E-state index in [4.69, 9.17) is 25.6 Å². The summed E-state index contributed by atoms with van der Waals surface area (Å²) in [5.41, 5.74) is -1.16. The van der Waals surface area contributed by atoms with Crippen LogP contribution in [0, 0.1) is 5.92 Å². The van der Waals surface area contributed by atoms with Crippen LogP contribution in [0.3, 0.4) is 0 Å². The van der Waals surface area contributed by atoms with E-state index in [0.29, 0.717) is 6.42 Å². The van der Waals surface area contributed by atoms with Gasteiger partial charge in [0.05, 0.1) is 24.9 Å². The Morgan fingerprint density at radius 1 is 1.31 bits per heavy atom. The third-order valence-electron chi connectivity index (χ3n) is 4.81. The Hall–Kier alpha value is -0.680. The van der Waals surface area contributed by atoms with Gasteiger partial charge in [-0.1, -0.05) is 0 Å². The van der Waals surface area contributed by atoms with Crippen molar-refractivity contribution in [2.24, 2.45) is 5.92 Å². The van der Waals surface area contributed by atoms with Gasteiger partial charge in [0, 0.05) is 26.5 Å². The predicted octanol–water partition coefficient (Wildman–Crippen LogP) is 0.973. The van der Waals surface area contributed by atoms with Crippen molar-refractivity contribution in [1.29, 1.82) is 0 Å². The van der Waals surface area contributed by atoms with E-state index in [1.54, 1.807) is 6.92 Å². The maximum absolute atomic E-state index is 12.3. The molecule has 1 aliphatic carbocycles. The lowest BCUT2D eigenvalue weighted by Crippen LogP contribution is -2.38. The van der Waals surface area contributed by atoms with Gasteiger partial charge in [0.25, 0.3) is 5.56 Å². The Kier molecular flexibility index (Phi) is 8.55. The van der Waals surface area contributed by atoms with Gasteiger partial charge in [0.1, 0.15) is 6.10 Å². The van der Waals surface area contributed by atoms with Crippen LogP contribution in [0.15, 0.2) is 21.9 Å². The van der Waals surface area contributed by atoms with Crippen LogP contribution in [0.1, 0.15) is 25.8 Å². The highest BCUT2D eigenvalue weighted by molar-refractivity contribution is 8.07. The van der Waals surface area contributed by atoms with Gasteiger partial charge in [-0.25, -0.2) is 4.79 Å². The Balaban J connectivity index is 2.37. The van der Waals surface area contributed by atoms with E-state index in [1.165, 1.54) is 23.9 Å². The highest BCUT2D eigenvalue weighted by atomic mass is 32.5. The van der Waals surface area contributed by atoms with Crippen LogP contribution >= 0.6 is 14.3 Å². The van der Waals surface area contributed by atoms with E-state index in [-0.39, 0.29) is 19.2 Å². The molecule has 11 nitrogen and oxygen atoms in total. The maximum Gasteiger partial charge on any atom is 0.328 e. The number of hydrogen-bond donors (Lipinski definition) is 3. The van der Waals surface area contributed by atoms with Gasteiger partial charge >= 0.3 is 20.0 Å². The number of H-pyrrole nitrogens is 1. The maximum atomic E-state index is 12.3. The molecule has 0 radical (unpaired) electrons. The third-order valence-corrected chi connectivity index (χ3v) is 7.87. The standard InChI is InChI=1S/C15H26N2O9P2S/c1-4-25-28(22,29)26-13-10(6-8-27(20,21)24-3)9-11(14(13)23-2)17-7-5-12(18)16-15(17)19/h5,7,10-11,13-14H,4,6,8-9H2,1-3H3,(H,20,21)(H,22,29)(H,16,18,19)/t10-,11+,13+,14-,28?/m0/s1. The van der Waals surface area contributed by atoms with Crippen LogP contribution in [-0.4, -0.2) is 58.5 Å². The van der Waals surface area contributed by atoms with Crippen molar-refractivity contribution in [2.45, 2.75) is 38.0 Å². The van der Waals surface area contributed by atoms with E-state index in [1.807, 2.05) is 0 Å². The molecular weight excluding hydrogens is 446 g/mol. The molecule has 0 saturated heterocycles. The van der Waals surface area contributed by atoms with Crippen molar-refractivity contribution in [3.05, 3.63) is 33.1 Å². The van der Waals surface area contributed by atoms with Crippen molar-refractivity contribution in [3.63, 3.8) is 0 Å². The average Bonchev–Trinajstić information content (AvgIpc) is 2.96. The van der Waals surface area contributed by atoms with E-state index in [2.05, 4.69) is 9.51 Å². The molecule has 1 aromatic heterocycles. The second kappa shape index (κ2) is 10.1. The minimum Gasteiger partial charge on any atom is -0.377 e. The predicted molar refractivity (Wildman–Crippen MR) is 109 cm³/mol. The van der Waals surface area contributed by atoms with Gasteiger partial charge in [-0.05, 0) is 37.5 Å². The molecule has 1 saturated carbocycles. The second-order valence-corrected chi connectivity index (χ2v) is 11.4. The summed E-state index contributed by atoms with van der Waals surface area (Å²) in [4.78, 5) is 45.9. The van der Waals surface area contributed by atoms with Crippen molar-refractivity contribution < 1.29 is 32.7 Å². The molecule has 0 spiro atoms. The molecule has 3 N–H and O–H groups in total. The van der Waals surface area contributed by atoms with E-state index in [0.717, 1.165) is 7.11 Å². The van der Waals surface area contributed by atoms with Crippen LogP contribution < -0.4 is 11.2 Å². The molecule has 0 aliphatic heterocycles. The van der Waals surface area contributed by atoms with Gasteiger partial charge in [-0.2, -0.15) is 0 Å². The van der Waals surface area contributed by atoms with Crippen molar-refractivity contribution in [2.75, 3.05) is 27.0 Å². The zero-order chi connectivity index (χ0) is 21.8. The molecule has 0 aromatic carbocycles. The first-order chi connectivity index (χ1) is 13.5. The molecular formula is C15H26N2O9P2S. The number of nitrogens with zero attached hydrogens (tertiary/aromatic N) is 1. The van der Waals surface area contributed by atoms with Gasteiger partial charge in [0.2, 0.25) is 0 Å². The van der Waals surface area contributed by atoms with Crippen LogP contribution in [-0.2, 0) is 34.7 Å². The molecule has 6 atom stereocenters.